The molecule has 2 N–H and O–H groups in total. The van der Waals surface area contributed by atoms with Gasteiger partial charge in [0.25, 0.3) is 0 Å². The number of piperazine rings is 1. The molecule has 2 fully saturated rings. The minimum Gasteiger partial charge on any atom is -0.444 e. The summed E-state index contributed by atoms with van der Waals surface area (Å²) < 4.78 is 5.45. The second-order valence-corrected chi connectivity index (χ2v) is 6.75. The third-order valence-corrected chi connectivity index (χ3v) is 3.99. The van der Waals surface area contributed by atoms with Crippen LogP contribution in [0.1, 0.15) is 33.6 Å². The third kappa shape index (κ3) is 3.83. The van der Waals surface area contributed by atoms with E-state index < -0.39 is 5.60 Å². The normalized spacial score (nSPS) is 28.9. The van der Waals surface area contributed by atoms with Gasteiger partial charge in [-0.05, 0) is 46.1 Å². The number of carbonyl (C=O) groups is 1. The molecule has 0 spiro atoms. The summed E-state index contributed by atoms with van der Waals surface area (Å²) in [5.74, 6) is 0.629. The summed E-state index contributed by atoms with van der Waals surface area (Å²) in [4.78, 5) is 16.4. The number of ether oxygens (including phenoxy) is 1. The Morgan fingerprint density at radius 2 is 2.00 bits per heavy atom. The molecule has 19 heavy (non-hydrogen) atoms. The van der Waals surface area contributed by atoms with Crippen molar-refractivity contribution in [2.75, 3.05) is 32.7 Å². The highest BCUT2D eigenvalue weighted by Gasteiger charge is 2.35. The van der Waals surface area contributed by atoms with E-state index in [0.717, 1.165) is 39.1 Å². The molecule has 2 aliphatic rings. The van der Waals surface area contributed by atoms with Crippen LogP contribution in [0.15, 0.2) is 0 Å². The number of nitrogens with two attached hydrogens (primary N) is 1. The fraction of sp³-hybridized carbons (Fsp3) is 0.929. The van der Waals surface area contributed by atoms with E-state index >= 15 is 0 Å². The van der Waals surface area contributed by atoms with Crippen LogP contribution in [0.4, 0.5) is 4.79 Å². The smallest absolute Gasteiger partial charge is 0.410 e. The monoisotopic (exact) mass is 269 g/mol. The van der Waals surface area contributed by atoms with Gasteiger partial charge in [-0.15, -0.1) is 0 Å². The van der Waals surface area contributed by atoms with Gasteiger partial charge >= 0.3 is 6.09 Å². The molecule has 110 valence electrons. The van der Waals surface area contributed by atoms with Crippen molar-refractivity contribution in [3.05, 3.63) is 0 Å². The van der Waals surface area contributed by atoms with Crippen molar-refractivity contribution in [2.45, 2.75) is 45.3 Å². The molecule has 2 saturated heterocycles. The van der Waals surface area contributed by atoms with E-state index in [1.165, 1.54) is 6.42 Å². The zero-order valence-corrected chi connectivity index (χ0v) is 12.4. The molecular formula is C14H27N3O2. The molecule has 2 heterocycles. The molecule has 1 amide bonds. The number of hydrogen-bond acceptors (Lipinski definition) is 4. The molecule has 0 aromatic rings. The standard InChI is InChI=1S/C14H27N3O2/c1-14(2,3)19-13(18)17-7-6-16-9-11(8-15)4-5-12(16)10-17/h11-12H,4-10,15H2,1-3H3. The van der Waals surface area contributed by atoms with E-state index in [4.69, 9.17) is 10.5 Å². The van der Waals surface area contributed by atoms with E-state index in [9.17, 15) is 4.79 Å². The molecule has 5 nitrogen and oxygen atoms in total. The fourth-order valence-electron chi connectivity index (χ4n) is 2.94. The fourth-order valence-corrected chi connectivity index (χ4v) is 2.94. The van der Waals surface area contributed by atoms with Crippen molar-refractivity contribution in [3.8, 4) is 0 Å². The summed E-state index contributed by atoms with van der Waals surface area (Å²) in [6, 6.07) is 0.490. The Hall–Kier alpha value is -0.810. The summed E-state index contributed by atoms with van der Waals surface area (Å²) in [7, 11) is 0. The van der Waals surface area contributed by atoms with Crippen LogP contribution >= 0.6 is 0 Å². The van der Waals surface area contributed by atoms with Gasteiger partial charge in [-0.3, -0.25) is 4.90 Å². The van der Waals surface area contributed by atoms with Crippen molar-refractivity contribution < 1.29 is 9.53 Å². The minimum atomic E-state index is -0.411. The van der Waals surface area contributed by atoms with Crippen LogP contribution in [-0.2, 0) is 4.74 Å². The number of nitrogens with zero attached hydrogens (tertiary/aromatic N) is 2. The number of carbonyl (C=O) groups excluding carboxylic acids is 1. The maximum atomic E-state index is 12.1. The molecule has 0 aliphatic carbocycles. The number of fused-ring (bicyclic) bond motifs is 1. The van der Waals surface area contributed by atoms with Gasteiger partial charge in [0.05, 0.1) is 0 Å². The van der Waals surface area contributed by atoms with Crippen LogP contribution in [0.25, 0.3) is 0 Å². The first-order valence-electron chi connectivity index (χ1n) is 7.31. The van der Waals surface area contributed by atoms with Gasteiger partial charge in [-0.2, -0.15) is 0 Å². The highest BCUT2D eigenvalue weighted by atomic mass is 16.6. The van der Waals surface area contributed by atoms with Crippen LogP contribution in [0.5, 0.6) is 0 Å². The second kappa shape index (κ2) is 5.67. The molecular weight excluding hydrogens is 242 g/mol. The first-order chi connectivity index (χ1) is 8.89. The van der Waals surface area contributed by atoms with Crippen LogP contribution in [0.3, 0.4) is 0 Å². The van der Waals surface area contributed by atoms with E-state index in [1.807, 2.05) is 25.7 Å². The van der Waals surface area contributed by atoms with Crippen molar-refractivity contribution in [2.24, 2.45) is 11.7 Å². The van der Waals surface area contributed by atoms with E-state index in [2.05, 4.69) is 4.90 Å². The second-order valence-electron chi connectivity index (χ2n) is 6.75. The Morgan fingerprint density at radius 3 is 2.63 bits per heavy atom. The molecule has 0 aromatic heterocycles. The first-order valence-corrected chi connectivity index (χ1v) is 7.31. The van der Waals surface area contributed by atoms with Crippen LogP contribution in [0.2, 0.25) is 0 Å². The van der Waals surface area contributed by atoms with Gasteiger partial charge in [-0.25, -0.2) is 4.79 Å². The minimum absolute atomic E-state index is 0.173. The topological polar surface area (TPSA) is 58.8 Å². The van der Waals surface area contributed by atoms with Crippen LogP contribution < -0.4 is 5.73 Å². The summed E-state index contributed by atoms with van der Waals surface area (Å²) in [5.41, 5.74) is 5.35. The molecule has 0 radical (unpaired) electrons. The van der Waals surface area contributed by atoms with Gasteiger partial charge < -0.3 is 15.4 Å². The van der Waals surface area contributed by atoms with Crippen LogP contribution in [-0.4, -0.2) is 60.3 Å². The van der Waals surface area contributed by atoms with E-state index in [0.29, 0.717) is 12.0 Å². The lowest BCUT2D eigenvalue weighted by Gasteiger charge is -2.46. The summed E-state index contributed by atoms with van der Waals surface area (Å²) in [6.07, 6.45) is 2.15. The zero-order chi connectivity index (χ0) is 14.0. The van der Waals surface area contributed by atoms with Gasteiger partial charge in [-0.1, -0.05) is 0 Å². The quantitative estimate of drug-likeness (QED) is 0.779. The van der Waals surface area contributed by atoms with Crippen molar-refractivity contribution in [1.82, 2.24) is 9.80 Å². The number of amides is 1. The van der Waals surface area contributed by atoms with Crippen LogP contribution in [0, 0.1) is 5.92 Å². The van der Waals surface area contributed by atoms with Crippen molar-refractivity contribution >= 4 is 6.09 Å². The van der Waals surface area contributed by atoms with E-state index in [1.54, 1.807) is 0 Å². The number of piperidine rings is 1. The van der Waals surface area contributed by atoms with Gasteiger partial charge in [0.15, 0.2) is 0 Å². The first kappa shape index (κ1) is 14.6. The highest BCUT2D eigenvalue weighted by molar-refractivity contribution is 5.68. The Bertz CT molecular complexity index is 327. The molecule has 2 aliphatic heterocycles. The molecule has 2 atom stereocenters. The predicted octanol–water partition coefficient (Wildman–Crippen LogP) is 1.28. The molecule has 2 unspecified atom stereocenters. The SMILES string of the molecule is CC(C)(C)OC(=O)N1CCN2CC(CN)CCC2C1. The van der Waals surface area contributed by atoms with Gasteiger partial charge in [0.1, 0.15) is 5.60 Å². The lowest BCUT2D eigenvalue weighted by Crippen LogP contribution is -2.58. The van der Waals surface area contributed by atoms with Crippen molar-refractivity contribution in [1.29, 1.82) is 0 Å². The Balaban J connectivity index is 1.87. The molecule has 2 rings (SSSR count). The number of rotatable bonds is 1. The number of hydrogen-bond donors (Lipinski definition) is 1. The largest absolute Gasteiger partial charge is 0.444 e. The summed E-state index contributed by atoms with van der Waals surface area (Å²) in [6.45, 7) is 10.1. The lowest BCUT2D eigenvalue weighted by molar-refractivity contribution is -0.00815. The molecule has 5 heteroatoms. The highest BCUT2D eigenvalue weighted by Crippen LogP contribution is 2.25. The molecule has 0 bridgehead atoms. The van der Waals surface area contributed by atoms with Gasteiger partial charge in [0, 0.05) is 32.2 Å². The Kier molecular flexibility index (Phi) is 4.36. The predicted molar refractivity (Wildman–Crippen MR) is 74.9 cm³/mol. The maximum Gasteiger partial charge on any atom is 0.410 e. The zero-order valence-electron chi connectivity index (χ0n) is 12.4. The van der Waals surface area contributed by atoms with Crippen molar-refractivity contribution in [3.63, 3.8) is 0 Å². The van der Waals surface area contributed by atoms with Gasteiger partial charge in [0.2, 0.25) is 0 Å². The average molecular weight is 269 g/mol. The Labute approximate surface area is 116 Å². The molecule has 0 saturated carbocycles. The summed E-state index contributed by atoms with van der Waals surface area (Å²) >= 11 is 0. The third-order valence-electron chi connectivity index (χ3n) is 3.99. The average Bonchev–Trinajstić information content (AvgIpc) is 2.35. The molecule has 0 aromatic carbocycles. The Morgan fingerprint density at radius 1 is 1.26 bits per heavy atom. The lowest BCUT2D eigenvalue weighted by atomic mass is 9.91. The maximum absolute atomic E-state index is 12.1. The summed E-state index contributed by atoms with van der Waals surface area (Å²) in [5, 5.41) is 0. The van der Waals surface area contributed by atoms with E-state index in [-0.39, 0.29) is 6.09 Å².